The number of alkyl halides is 3. The largest absolute Gasteiger partial charge is 0.426 e. The Bertz CT molecular complexity index is 1020. The molecule has 0 fully saturated rings. The van der Waals surface area contributed by atoms with Crippen molar-refractivity contribution < 1.29 is 22.7 Å². The van der Waals surface area contributed by atoms with Crippen LogP contribution in [0.25, 0.3) is 11.0 Å². The average molecular weight is 416 g/mol. The summed E-state index contributed by atoms with van der Waals surface area (Å²) in [7, 11) is 0. The van der Waals surface area contributed by atoms with Gasteiger partial charge in [-0.25, -0.2) is 4.79 Å². The number of benzene rings is 1. The highest BCUT2D eigenvalue weighted by Crippen LogP contribution is 2.45. The number of aliphatic hydroxyl groups is 1. The zero-order valence-electron chi connectivity index (χ0n) is 13.2. The minimum absolute atomic E-state index is 0.117. The Labute approximate surface area is 148 Å². The van der Waals surface area contributed by atoms with Gasteiger partial charge in [-0.3, -0.25) is 0 Å². The second kappa shape index (κ2) is 5.74. The fraction of sp³-hybridized carbons (Fsp3) is 0.235. The lowest BCUT2D eigenvalue weighted by atomic mass is 9.86. The number of aromatic amines is 1. The van der Waals surface area contributed by atoms with E-state index in [9.17, 15) is 23.1 Å². The van der Waals surface area contributed by atoms with Crippen molar-refractivity contribution in [1.82, 2.24) is 4.98 Å². The summed E-state index contributed by atoms with van der Waals surface area (Å²) in [6.45, 7) is 2.96. The summed E-state index contributed by atoms with van der Waals surface area (Å²) in [6, 6.07) is 6.76. The lowest BCUT2D eigenvalue weighted by Gasteiger charge is -2.30. The Morgan fingerprint density at radius 2 is 1.80 bits per heavy atom. The van der Waals surface area contributed by atoms with Crippen LogP contribution < -0.4 is 5.63 Å². The fourth-order valence-electron chi connectivity index (χ4n) is 2.90. The van der Waals surface area contributed by atoms with Gasteiger partial charge in [0.15, 0.2) is 0 Å². The third-order valence-corrected chi connectivity index (χ3v) is 4.53. The predicted octanol–water partition coefficient (Wildman–Crippen LogP) is 4.30. The van der Waals surface area contributed by atoms with E-state index in [-0.39, 0.29) is 16.7 Å². The Morgan fingerprint density at radius 1 is 1.12 bits per heavy atom. The molecule has 0 amide bonds. The number of halogens is 4. The Morgan fingerprint density at radius 3 is 2.36 bits per heavy atom. The van der Waals surface area contributed by atoms with Gasteiger partial charge in [-0.15, -0.1) is 0 Å². The standard InChI is InChI=1S/C17H13BrF3NO3/c1-8-5-12(9(2)22-8)16(24,17(19,20)21)13-7-10-6-11(18)3-4-14(10)25-15(13)23/h3-7,22,24H,1-2H3. The molecule has 8 heteroatoms. The van der Waals surface area contributed by atoms with Crippen LogP contribution in [0.4, 0.5) is 13.2 Å². The lowest BCUT2D eigenvalue weighted by Crippen LogP contribution is -2.46. The zero-order valence-corrected chi connectivity index (χ0v) is 14.7. The van der Waals surface area contributed by atoms with Crippen LogP contribution in [0.3, 0.4) is 0 Å². The van der Waals surface area contributed by atoms with Gasteiger partial charge < -0.3 is 14.5 Å². The number of hydrogen-bond acceptors (Lipinski definition) is 3. The SMILES string of the molecule is Cc1cc(C(O)(c2cc3cc(Br)ccc3oc2=O)C(F)(F)F)c(C)[nH]1. The second-order valence-electron chi connectivity index (χ2n) is 5.83. The molecule has 2 aromatic heterocycles. The summed E-state index contributed by atoms with van der Waals surface area (Å²) in [6.07, 6.45) is -5.12. The van der Waals surface area contributed by atoms with E-state index in [1.165, 1.54) is 25.1 Å². The third-order valence-electron chi connectivity index (χ3n) is 4.03. The van der Waals surface area contributed by atoms with E-state index in [4.69, 9.17) is 4.42 Å². The van der Waals surface area contributed by atoms with Gasteiger partial charge in [0, 0.05) is 26.8 Å². The molecule has 1 unspecified atom stereocenters. The fourth-order valence-corrected chi connectivity index (χ4v) is 3.28. The number of aromatic nitrogens is 1. The van der Waals surface area contributed by atoms with Gasteiger partial charge in [0.2, 0.25) is 5.60 Å². The van der Waals surface area contributed by atoms with Gasteiger partial charge in [-0.1, -0.05) is 15.9 Å². The zero-order chi connectivity index (χ0) is 18.6. The first-order valence-electron chi connectivity index (χ1n) is 7.23. The molecule has 0 aliphatic rings. The molecule has 1 aromatic carbocycles. The maximum atomic E-state index is 13.9. The quantitative estimate of drug-likeness (QED) is 0.613. The maximum absolute atomic E-state index is 13.9. The Kier molecular flexibility index (Phi) is 4.08. The number of aryl methyl sites for hydroxylation is 2. The molecule has 0 bridgehead atoms. The van der Waals surface area contributed by atoms with Gasteiger partial charge in [-0.2, -0.15) is 13.2 Å². The summed E-state index contributed by atoms with van der Waals surface area (Å²) in [5.41, 5.74) is -5.36. The molecular formula is C17H13BrF3NO3. The monoisotopic (exact) mass is 415 g/mol. The average Bonchev–Trinajstić information content (AvgIpc) is 2.84. The van der Waals surface area contributed by atoms with E-state index >= 15 is 0 Å². The number of nitrogens with one attached hydrogen (secondary N) is 1. The molecule has 0 spiro atoms. The number of fused-ring (bicyclic) bond motifs is 1. The van der Waals surface area contributed by atoms with Crippen LogP contribution in [0.1, 0.15) is 22.5 Å². The lowest BCUT2D eigenvalue weighted by molar-refractivity contribution is -0.249. The molecule has 2 heterocycles. The normalized spacial score (nSPS) is 14.7. The summed E-state index contributed by atoms with van der Waals surface area (Å²) >= 11 is 3.22. The molecule has 0 radical (unpaired) electrons. The van der Waals surface area contributed by atoms with Crippen LogP contribution in [0.2, 0.25) is 0 Å². The van der Waals surface area contributed by atoms with Crippen molar-refractivity contribution in [2.75, 3.05) is 0 Å². The maximum Gasteiger partial charge on any atom is 0.426 e. The molecule has 0 saturated carbocycles. The topological polar surface area (TPSA) is 66.2 Å². The van der Waals surface area contributed by atoms with E-state index in [0.29, 0.717) is 10.2 Å². The minimum atomic E-state index is -5.12. The first-order chi connectivity index (χ1) is 11.5. The van der Waals surface area contributed by atoms with Gasteiger partial charge in [-0.05, 0) is 44.2 Å². The highest BCUT2D eigenvalue weighted by Gasteiger charge is 2.59. The van der Waals surface area contributed by atoms with E-state index < -0.39 is 28.5 Å². The van der Waals surface area contributed by atoms with Crippen LogP contribution in [0.5, 0.6) is 0 Å². The Hall–Kier alpha value is -2.06. The van der Waals surface area contributed by atoms with E-state index in [1.807, 2.05) is 0 Å². The van der Waals surface area contributed by atoms with E-state index in [2.05, 4.69) is 20.9 Å². The van der Waals surface area contributed by atoms with Gasteiger partial charge in [0.25, 0.3) is 0 Å². The molecule has 132 valence electrons. The summed E-state index contributed by atoms with van der Waals surface area (Å²) in [4.78, 5) is 15.0. The third kappa shape index (κ3) is 2.79. The molecule has 0 saturated heterocycles. The van der Waals surface area contributed by atoms with Crippen LogP contribution in [0, 0.1) is 13.8 Å². The molecule has 4 nitrogen and oxygen atoms in total. The number of rotatable bonds is 2. The number of hydrogen-bond donors (Lipinski definition) is 2. The summed E-state index contributed by atoms with van der Waals surface area (Å²) in [5.74, 6) is 0. The van der Waals surface area contributed by atoms with Crippen molar-refractivity contribution in [3.63, 3.8) is 0 Å². The van der Waals surface area contributed by atoms with Crippen molar-refractivity contribution in [3.05, 3.63) is 67.7 Å². The smallest absolute Gasteiger partial charge is 0.422 e. The van der Waals surface area contributed by atoms with Crippen molar-refractivity contribution in [1.29, 1.82) is 0 Å². The van der Waals surface area contributed by atoms with E-state index in [1.54, 1.807) is 13.0 Å². The van der Waals surface area contributed by atoms with Crippen molar-refractivity contribution in [3.8, 4) is 0 Å². The molecule has 25 heavy (non-hydrogen) atoms. The first kappa shape index (κ1) is 17.8. The van der Waals surface area contributed by atoms with Crippen molar-refractivity contribution in [2.45, 2.75) is 25.6 Å². The van der Waals surface area contributed by atoms with E-state index in [0.717, 1.165) is 6.07 Å². The van der Waals surface area contributed by atoms with Gasteiger partial charge >= 0.3 is 11.8 Å². The molecular weight excluding hydrogens is 403 g/mol. The first-order valence-corrected chi connectivity index (χ1v) is 8.03. The summed E-state index contributed by atoms with van der Waals surface area (Å²) < 4.78 is 47.2. The molecule has 0 aliphatic carbocycles. The number of H-pyrrole nitrogens is 1. The minimum Gasteiger partial charge on any atom is -0.422 e. The molecule has 3 aromatic rings. The summed E-state index contributed by atoms with van der Waals surface area (Å²) in [5, 5.41) is 10.9. The van der Waals surface area contributed by atoms with Crippen LogP contribution >= 0.6 is 15.9 Å². The van der Waals surface area contributed by atoms with Crippen molar-refractivity contribution in [2.24, 2.45) is 0 Å². The highest BCUT2D eigenvalue weighted by molar-refractivity contribution is 9.10. The van der Waals surface area contributed by atoms with Gasteiger partial charge in [0.05, 0.1) is 5.56 Å². The molecule has 3 rings (SSSR count). The second-order valence-corrected chi connectivity index (χ2v) is 6.74. The molecule has 1 atom stereocenters. The predicted molar refractivity (Wildman–Crippen MR) is 89.5 cm³/mol. The molecule has 2 N–H and O–H groups in total. The highest BCUT2D eigenvalue weighted by atomic mass is 79.9. The van der Waals surface area contributed by atoms with Crippen LogP contribution in [-0.4, -0.2) is 16.3 Å². The Balaban J connectivity index is 2.39. The molecule has 0 aliphatic heterocycles. The van der Waals surface area contributed by atoms with Gasteiger partial charge in [0.1, 0.15) is 5.58 Å². The van der Waals surface area contributed by atoms with Crippen LogP contribution in [0.15, 0.2) is 44.0 Å². The van der Waals surface area contributed by atoms with Crippen LogP contribution in [-0.2, 0) is 5.60 Å². The van der Waals surface area contributed by atoms with Crippen molar-refractivity contribution >= 4 is 26.9 Å².